The third kappa shape index (κ3) is 2.84. The number of hydrogen-bond donors (Lipinski definition) is 0. The molecule has 0 unspecified atom stereocenters. The van der Waals surface area contributed by atoms with E-state index < -0.39 is 0 Å². The molecule has 0 aliphatic heterocycles. The first-order valence-electron chi connectivity index (χ1n) is 4.71. The van der Waals surface area contributed by atoms with E-state index in [4.69, 9.17) is 0 Å². The first-order valence-corrected chi connectivity index (χ1v) is 4.71. The van der Waals surface area contributed by atoms with Gasteiger partial charge in [0.2, 0.25) is 5.91 Å². The average molecular weight is 171 g/mol. The standard InChI is InChI=1S/C10H21NO/c1-6-8-10(3,4)9(12)11(5)7-2/h6-8H2,1-5H3. The van der Waals surface area contributed by atoms with Crippen LogP contribution in [-0.4, -0.2) is 24.4 Å². The van der Waals surface area contributed by atoms with E-state index in [0.717, 1.165) is 19.4 Å². The summed E-state index contributed by atoms with van der Waals surface area (Å²) in [6.07, 6.45) is 2.03. The topological polar surface area (TPSA) is 20.3 Å². The molecule has 2 nitrogen and oxygen atoms in total. The maximum absolute atomic E-state index is 11.7. The van der Waals surface area contributed by atoms with Crippen LogP contribution in [0.5, 0.6) is 0 Å². The van der Waals surface area contributed by atoms with Gasteiger partial charge in [0, 0.05) is 19.0 Å². The van der Waals surface area contributed by atoms with Gasteiger partial charge < -0.3 is 4.90 Å². The quantitative estimate of drug-likeness (QED) is 0.635. The molecule has 0 aliphatic carbocycles. The molecule has 0 aromatic heterocycles. The molecule has 0 aliphatic rings. The minimum atomic E-state index is -0.181. The molecule has 0 saturated heterocycles. The zero-order valence-corrected chi connectivity index (χ0v) is 8.98. The zero-order valence-electron chi connectivity index (χ0n) is 8.98. The Morgan fingerprint density at radius 3 is 2.17 bits per heavy atom. The van der Waals surface area contributed by atoms with Crippen LogP contribution < -0.4 is 0 Å². The molecular weight excluding hydrogens is 150 g/mol. The highest BCUT2D eigenvalue weighted by Crippen LogP contribution is 2.24. The summed E-state index contributed by atoms with van der Waals surface area (Å²) in [5.41, 5.74) is -0.181. The van der Waals surface area contributed by atoms with Gasteiger partial charge in [-0.15, -0.1) is 0 Å². The van der Waals surface area contributed by atoms with Crippen molar-refractivity contribution >= 4 is 5.91 Å². The van der Waals surface area contributed by atoms with Crippen LogP contribution in [0.4, 0.5) is 0 Å². The van der Waals surface area contributed by atoms with Gasteiger partial charge >= 0.3 is 0 Å². The molecule has 72 valence electrons. The van der Waals surface area contributed by atoms with E-state index in [-0.39, 0.29) is 11.3 Å². The van der Waals surface area contributed by atoms with Crippen molar-refractivity contribution < 1.29 is 4.79 Å². The Labute approximate surface area is 75.9 Å². The van der Waals surface area contributed by atoms with E-state index in [0.29, 0.717) is 0 Å². The largest absolute Gasteiger partial charge is 0.346 e. The first kappa shape index (κ1) is 11.5. The number of hydrogen-bond acceptors (Lipinski definition) is 1. The summed E-state index contributed by atoms with van der Waals surface area (Å²) in [5, 5.41) is 0. The summed E-state index contributed by atoms with van der Waals surface area (Å²) in [6.45, 7) is 8.95. The lowest BCUT2D eigenvalue weighted by Crippen LogP contribution is -2.38. The van der Waals surface area contributed by atoms with Gasteiger partial charge in [-0.3, -0.25) is 4.79 Å². The minimum absolute atomic E-state index is 0.181. The van der Waals surface area contributed by atoms with Gasteiger partial charge in [-0.25, -0.2) is 0 Å². The summed E-state index contributed by atoms with van der Waals surface area (Å²) in [7, 11) is 1.86. The third-order valence-corrected chi connectivity index (χ3v) is 2.27. The Morgan fingerprint density at radius 1 is 1.33 bits per heavy atom. The van der Waals surface area contributed by atoms with Gasteiger partial charge in [-0.1, -0.05) is 27.2 Å². The predicted octanol–water partition coefficient (Wildman–Crippen LogP) is 2.29. The highest BCUT2D eigenvalue weighted by molar-refractivity contribution is 5.81. The normalized spacial score (nSPS) is 11.4. The molecule has 0 N–H and O–H groups in total. The smallest absolute Gasteiger partial charge is 0.227 e. The summed E-state index contributed by atoms with van der Waals surface area (Å²) >= 11 is 0. The zero-order chi connectivity index (χ0) is 9.78. The van der Waals surface area contributed by atoms with Crippen LogP contribution in [0.15, 0.2) is 0 Å². The van der Waals surface area contributed by atoms with Crippen LogP contribution in [0, 0.1) is 5.41 Å². The van der Waals surface area contributed by atoms with Crippen LogP contribution in [0.3, 0.4) is 0 Å². The number of rotatable bonds is 4. The molecule has 0 spiro atoms. The van der Waals surface area contributed by atoms with Crippen LogP contribution in [0.25, 0.3) is 0 Å². The maximum atomic E-state index is 11.7. The van der Waals surface area contributed by atoms with Gasteiger partial charge in [-0.05, 0) is 13.3 Å². The Balaban J connectivity index is 4.24. The van der Waals surface area contributed by atoms with Crippen molar-refractivity contribution in [1.82, 2.24) is 4.90 Å². The fraction of sp³-hybridized carbons (Fsp3) is 0.900. The van der Waals surface area contributed by atoms with E-state index in [1.807, 2.05) is 27.8 Å². The lowest BCUT2D eigenvalue weighted by Gasteiger charge is -2.28. The highest BCUT2D eigenvalue weighted by Gasteiger charge is 2.28. The number of amides is 1. The van der Waals surface area contributed by atoms with Crippen LogP contribution >= 0.6 is 0 Å². The lowest BCUT2D eigenvalue weighted by molar-refractivity contribution is -0.139. The molecule has 0 radical (unpaired) electrons. The fourth-order valence-corrected chi connectivity index (χ4v) is 1.39. The first-order chi connectivity index (χ1) is 5.45. The van der Waals surface area contributed by atoms with E-state index in [9.17, 15) is 4.79 Å². The molecule has 12 heavy (non-hydrogen) atoms. The fourth-order valence-electron chi connectivity index (χ4n) is 1.39. The minimum Gasteiger partial charge on any atom is -0.346 e. The monoisotopic (exact) mass is 171 g/mol. The molecule has 0 aromatic carbocycles. The molecule has 2 heteroatoms. The van der Waals surface area contributed by atoms with Crippen molar-refractivity contribution in [3.63, 3.8) is 0 Å². The number of nitrogens with zero attached hydrogens (tertiary/aromatic N) is 1. The molecule has 0 rings (SSSR count). The third-order valence-electron chi connectivity index (χ3n) is 2.27. The summed E-state index contributed by atoms with van der Waals surface area (Å²) in [6, 6.07) is 0. The van der Waals surface area contributed by atoms with E-state index in [1.165, 1.54) is 0 Å². The highest BCUT2D eigenvalue weighted by atomic mass is 16.2. The molecular formula is C10H21NO. The SMILES string of the molecule is CCCC(C)(C)C(=O)N(C)CC. The Bertz CT molecular complexity index is 152. The molecule has 0 aromatic rings. The van der Waals surface area contributed by atoms with Gasteiger partial charge in [-0.2, -0.15) is 0 Å². The lowest BCUT2D eigenvalue weighted by atomic mass is 9.86. The van der Waals surface area contributed by atoms with Crippen molar-refractivity contribution in [1.29, 1.82) is 0 Å². The molecule has 1 amide bonds. The summed E-state index contributed by atoms with van der Waals surface area (Å²) < 4.78 is 0. The van der Waals surface area contributed by atoms with Crippen molar-refractivity contribution in [2.45, 2.75) is 40.5 Å². The molecule has 0 atom stereocenters. The molecule has 0 saturated carbocycles. The van der Waals surface area contributed by atoms with E-state index in [2.05, 4.69) is 6.92 Å². The Morgan fingerprint density at radius 2 is 1.83 bits per heavy atom. The molecule has 0 bridgehead atoms. The number of carbonyl (C=O) groups is 1. The van der Waals surface area contributed by atoms with Crippen molar-refractivity contribution in [2.75, 3.05) is 13.6 Å². The van der Waals surface area contributed by atoms with Crippen LogP contribution in [0.1, 0.15) is 40.5 Å². The average Bonchev–Trinajstić information content (AvgIpc) is 2.01. The van der Waals surface area contributed by atoms with Crippen molar-refractivity contribution in [3.05, 3.63) is 0 Å². The Hall–Kier alpha value is -0.530. The van der Waals surface area contributed by atoms with Crippen molar-refractivity contribution in [3.8, 4) is 0 Å². The van der Waals surface area contributed by atoms with E-state index in [1.54, 1.807) is 4.90 Å². The summed E-state index contributed by atoms with van der Waals surface area (Å²) in [5.74, 6) is 0.256. The van der Waals surface area contributed by atoms with Gasteiger partial charge in [0.1, 0.15) is 0 Å². The van der Waals surface area contributed by atoms with E-state index >= 15 is 0 Å². The molecule has 0 fully saturated rings. The number of carbonyl (C=O) groups excluding carboxylic acids is 1. The van der Waals surface area contributed by atoms with Gasteiger partial charge in [0.15, 0.2) is 0 Å². The van der Waals surface area contributed by atoms with Gasteiger partial charge in [0.05, 0.1) is 0 Å². The maximum Gasteiger partial charge on any atom is 0.227 e. The van der Waals surface area contributed by atoms with Crippen LogP contribution in [-0.2, 0) is 4.79 Å². The predicted molar refractivity (Wildman–Crippen MR) is 52.0 cm³/mol. The Kier molecular flexibility index (Phi) is 4.29. The second-order valence-electron chi connectivity index (χ2n) is 3.95. The molecule has 0 heterocycles. The second kappa shape index (κ2) is 4.48. The van der Waals surface area contributed by atoms with Gasteiger partial charge in [0.25, 0.3) is 0 Å². The summed E-state index contributed by atoms with van der Waals surface area (Å²) in [4.78, 5) is 13.5. The van der Waals surface area contributed by atoms with Crippen LogP contribution in [0.2, 0.25) is 0 Å². The second-order valence-corrected chi connectivity index (χ2v) is 3.95. The van der Waals surface area contributed by atoms with Crippen molar-refractivity contribution in [2.24, 2.45) is 5.41 Å².